The molecule has 0 aliphatic carbocycles. The van der Waals surface area contributed by atoms with Crippen LogP contribution in [0.5, 0.6) is 0 Å². The van der Waals surface area contributed by atoms with Crippen molar-refractivity contribution in [2.75, 3.05) is 5.32 Å². The Morgan fingerprint density at radius 2 is 2.00 bits per heavy atom. The highest BCUT2D eigenvalue weighted by molar-refractivity contribution is 14.1. The van der Waals surface area contributed by atoms with E-state index in [1.54, 1.807) is 24.0 Å². The summed E-state index contributed by atoms with van der Waals surface area (Å²) in [6.07, 6.45) is 1.74. The third-order valence-corrected chi connectivity index (χ3v) is 2.77. The Kier molecular flexibility index (Phi) is 3.23. The summed E-state index contributed by atoms with van der Waals surface area (Å²) in [5, 5.41) is 6.81. The van der Waals surface area contributed by atoms with Gasteiger partial charge in [0, 0.05) is 22.5 Å². The summed E-state index contributed by atoms with van der Waals surface area (Å²) in [5.41, 5.74) is 1.19. The second kappa shape index (κ2) is 4.65. The number of benzene rings is 1. The summed E-state index contributed by atoms with van der Waals surface area (Å²) in [7, 11) is 1.78. The zero-order valence-corrected chi connectivity index (χ0v) is 10.8. The van der Waals surface area contributed by atoms with E-state index in [2.05, 4.69) is 33.0 Å². The molecule has 2 aromatic rings. The summed E-state index contributed by atoms with van der Waals surface area (Å²) in [4.78, 5) is 11.7. The Morgan fingerprint density at radius 3 is 2.56 bits per heavy atom. The number of nitrogens with zero attached hydrogens (tertiary/aromatic N) is 2. The Hall–Kier alpha value is -1.37. The van der Waals surface area contributed by atoms with Gasteiger partial charge in [-0.15, -0.1) is 0 Å². The molecule has 1 heterocycles. The number of amides is 1. The van der Waals surface area contributed by atoms with Crippen molar-refractivity contribution in [1.29, 1.82) is 0 Å². The van der Waals surface area contributed by atoms with E-state index in [9.17, 15) is 4.79 Å². The molecule has 2 rings (SSSR count). The van der Waals surface area contributed by atoms with Gasteiger partial charge in [0.05, 0.1) is 0 Å². The number of carbonyl (C=O) groups is 1. The number of carbonyl (C=O) groups excluding carboxylic acids is 1. The lowest BCUT2D eigenvalue weighted by atomic mass is 10.3. The van der Waals surface area contributed by atoms with Gasteiger partial charge in [0.1, 0.15) is 0 Å². The fourth-order valence-corrected chi connectivity index (χ4v) is 1.62. The lowest BCUT2D eigenvalue weighted by molar-refractivity contribution is 0.102. The van der Waals surface area contributed by atoms with E-state index in [-0.39, 0.29) is 5.91 Å². The molecule has 0 aliphatic heterocycles. The summed E-state index contributed by atoms with van der Waals surface area (Å²) < 4.78 is 2.73. The fraction of sp³-hybridized carbons (Fsp3) is 0.0909. The minimum absolute atomic E-state index is 0.193. The third kappa shape index (κ3) is 2.60. The van der Waals surface area contributed by atoms with Gasteiger partial charge in [0.15, 0.2) is 5.69 Å². The molecule has 0 saturated carbocycles. The van der Waals surface area contributed by atoms with Gasteiger partial charge in [-0.25, -0.2) is 0 Å². The lowest BCUT2D eigenvalue weighted by Gasteiger charge is -2.02. The maximum atomic E-state index is 11.7. The van der Waals surface area contributed by atoms with E-state index in [1.165, 1.54) is 0 Å². The molecule has 0 spiro atoms. The smallest absolute Gasteiger partial charge is 0.276 e. The quantitative estimate of drug-likeness (QED) is 0.861. The minimum Gasteiger partial charge on any atom is -0.321 e. The van der Waals surface area contributed by atoms with Crippen molar-refractivity contribution in [3.63, 3.8) is 0 Å². The number of aromatic nitrogens is 2. The van der Waals surface area contributed by atoms with Gasteiger partial charge in [-0.05, 0) is 52.9 Å². The lowest BCUT2D eigenvalue weighted by Crippen LogP contribution is -2.12. The van der Waals surface area contributed by atoms with Gasteiger partial charge in [-0.2, -0.15) is 5.10 Å². The standard InChI is InChI=1S/C11H10IN3O/c1-15-7-6-10(14-15)11(16)13-9-4-2-8(12)3-5-9/h2-7H,1H3,(H,13,16). The first-order chi connectivity index (χ1) is 7.65. The van der Waals surface area contributed by atoms with E-state index in [4.69, 9.17) is 0 Å². The second-order valence-electron chi connectivity index (χ2n) is 3.34. The summed E-state index contributed by atoms with van der Waals surface area (Å²) in [6.45, 7) is 0. The Morgan fingerprint density at radius 1 is 1.31 bits per heavy atom. The van der Waals surface area contributed by atoms with Crippen molar-refractivity contribution >= 4 is 34.2 Å². The van der Waals surface area contributed by atoms with Crippen LogP contribution >= 0.6 is 22.6 Å². The number of nitrogens with one attached hydrogen (secondary N) is 1. The normalized spacial score (nSPS) is 10.1. The van der Waals surface area contributed by atoms with Crippen LogP contribution in [0.3, 0.4) is 0 Å². The molecule has 1 aromatic heterocycles. The molecule has 1 N–H and O–H groups in total. The maximum Gasteiger partial charge on any atom is 0.276 e. The van der Waals surface area contributed by atoms with E-state index in [1.807, 2.05) is 24.3 Å². The largest absolute Gasteiger partial charge is 0.321 e. The molecule has 82 valence electrons. The first-order valence-corrected chi connectivity index (χ1v) is 5.79. The van der Waals surface area contributed by atoms with Crippen LogP contribution in [0.15, 0.2) is 36.5 Å². The monoisotopic (exact) mass is 327 g/mol. The number of anilines is 1. The van der Waals surface area contributed by atoms with Crippen LogP contribution in [-0.2, 0) is 7.05 Å². The first-order valence-electron chi connectivity index (χ1n) is 4.72. The predicted octanol–water partition coefficient (Wildman–Crippen LogP) is 2.28. The summed E-state index contributed by atoms with van der Waals surface area (Å²) >= 11 is 2.22. The highest BCUT2D eigenvalue weighted by Gasteiger charge is 2.08. The molecule has 1 amide bonds. The Labute approximate surface area is 107 Å². The number of halogens is 1. The third-order valence-electron chi connectivity index (χ3n) is 2.05. The zero-order valence-electron chi connectivity index (χ0n) is 8.64. The molecule has 0 radical (unpaired) electrons. The number of hydrogen-bond acceptors (Lipinski definition) is 2. The molecule has 16 heavy (non-hydrogen) atoms. The van der Waals surface area contributed by atoms with Crippen LogP contribution in [0.2, 0.25) is 0 Å². The van der Waals surface area contributed by atoms with Crippen molar-refractivity contribution < 1.29 is 4.79 Å². The number of hydrogen-bond donors (Lipinski definition) is 1. The molecule has 0 atom stereocenters. The van der Waals surface area contributed by atoms with E-state index in [0.717, 1.165) is 9.26 Å². The van der Waals surface area contributed by atoms with Gasteiger partial charge < -0.3 is 5.32 Å². The van der Waals surface area contributed by atoms with Crippen molar-refractivity contribution in [2.45, 2.75) is 0 Å². The van der Waals surface area contributed by atoms with Gasteiger partial charge >= 0.3 is 0 Å². The molecule has 4 nitrogen and oxygen atoms in total. The van der Waals surface area contributed by atoms with Gasteiger partial charge in [0.2, 0.25) is 0 Å². The topological polar surface area (TPSA) is 46.9 Å². The van der Waals surface area contributed by atoms with Gasteiger partial charge in [-0.3, -0.25) is 9.48 Å². The minimum atomic E-state index is -0.193. The maximum absolute atomic E-state index is 11.7. The Balaban J connectivity index is 2.10. The van der Waals surface area contributed by atoms with E-state index < -0.39 is 0 Å². The molecular weight excluding hydrogens is 317 g/mol. The molecule has 0 fully saturated rings. The van der Waals surface area contributed by atoms with Crippen LogP contribution in [0.4, 0.5) is 5.69 Å². The first kappa shape index (κ1) is 11.1. The van der Waals surface area contributed by atoms with Crippen LogP contribution in [0.25, 0.3) is 0 Å². The average molecular weight is 327 g/mol. The highest BCUT2D eigenvalue weighted by Crippen LogP contribution is 2.12. The molecular formula is C11H10IN3O. The van der Waals surface area contributed by atoms with Crippen molar-refractivity contribution in [2.24, 2.45) is 7.05 Å². The molecule has 0 unspecified atom stereocenters. The predicted molar refractivity (Wildman–Crippen MR) is 70.3 cm³/mol. The Bertz CT molecular complexity index is 504. The van der Waals surface area contributed by atoms with Crippen molar-refractivity contribution in [3.8, 4) is 0 Å². The summed E-state index contributed by atoms with van der Waals surface area (Å²) in [6, 6.07) is 9.29. The molecule has 0 aliphatic rings. The fourth-order valence-electron chi connectivity index (χ4n) is 1.26. The molecule has 0 bridgehead atoms. The van der Waals surface area contributed by atoms with Gasteiger partial charge in [0.25, 0.3) is 5.91 Å². The van der Waals surface area contributed by atoms with E-state index in [0.29, 0.717) is 5.69 Å². The summed E-state index contributed by atoms with van der Waals surface area (Å²) in [5.74, 6) is -0.193. The molecule has 5 heteroatoms. The van der Waals surface area contributed by atoms with Gasteiger partial charge in [-0.1, -0.05) is 0 Å². The van der Waals surface area contributed by atoms with Crippen LogP contribution in [-0.4, -0.2) is 15.7 Å². The SMILES string of the molecule is Cn1ccc(C(=O)Nc2ccc(I)cc2)n1. The number of rotatable bonds is 2. The second-order valence-corrected chi connectivity index (χ2v) is 4.58. The van der Waals surface area contributed by atoms with Crippen molar-refractivity contribution in [1.82, 2.24) is 9.78 Å². The van der Waals surface area contributed by atoms with Crippen LogP contribution in [0, 0.1) is 3.57 Å². The van der Waals surface area contributed by atoms with E-state index >= 15 is 0 Å². The zero-order chi connectivity index (χ0) is 11.5. The molecule has 1 aromatic carbocycles. The van der Waals surface area contributed by atoms with Crippen LogP contribution < -0.4 is 5.32 Å². The number of aryl methyl sites for hydroxylation is 1. The average Bonchev–Trinajstić information content (AvgIpc) is 2.68. The highest BCUT2D eigenvalue weighted by atomic mass is 127. The van der Waals surface area contributed by atoms with Crippen LogP contribution in [0.1, 0.15) is 10.5 Å². The van der Waals surface area contributed by atoms with Crippen molar-refractivity contribution in [3.05, 3.63) is 45.8 Å². The molecule has 0 saturated heterocycles.